The van der Waals surface area contributed by atoms with Gasteiger partial charge in [0.2, 0.25) is 5.91 Å². The lowest BCUT2D eigenvalue weighted by Crippen LogP contribution is -2.56. The van der Waals surface area contributed by atoms with Gasteiger partial charge in [-0.25, -0.2) is 0 Å². The first-order valence-electron chi connectivity index (χ1n) is 8.39. The third-order valence-corrected chi connectivity index (χ3v) is 5.88. The van der Waals surface area contributed by atoms with E-state index in [1.807, 2.05) is 24.3 Å². The fourth-order valence-electron chi connectivity index (χ4n) is 4.51. The van der Waals surface area contributed by atoms with Crippen LogP contribution in [0.15, 0.2) is 42.7 Å². The summed E-state index contributed by atoms with van der Waals surface area (Å²) < 4.78 is 0. The first-order chi connectivity index (χ1) is 11.1. The molecule has 0 bridgehead atoms. The van der Waals surface area contributed by atoms with Crippen molar-refractivity contribution < 1.29 is 4.79 Å². The Labute approximate surface area is 137 Å². The Bertz CT molecular complexity index is 755. The van der Waals surface area contributed by atoms with Crippen molar-refractivity contribution >= 4 is 5.91 Å². The number of carbonyl (C=O) groups is 1. The number of benzene rings is 1. The van der Waals surface area contributed by atoms with Gasteiger partial charge in [-0.1, -0.05) is 25.1 Å². The highest BCUT2D eigenvalue weighted by Crippen LogP contribution is 2.46. The van der Waals surface area contributed by atoms with Crippen LogP contribution >= 0.6 is 0 Å². The topological polar surface area (TPSA) is 33.2 Å². The molecule has 0 spiro atoms. The molecule has 2 atom stereocenters. The highest BCUT2D eigenvalue weighted by atomic mass is 16.2. The van der Waals surface area contributed by atoms with Gasteiger partial charge in [-0.3, -0.25) is 9.78 Å². The molecule has 2 aromatic rings. The normalized spacial score (nSPS) is 26.6. The lowest BCUT2D eigenvalue weighted by Gasteiger charge is -2.50. The zero-order valence-electron chi connectivity index (χ0n) is 13.7. The summed E-state index contributed by atoms with van der Waals surface area (Å²) in [4.78, 5) is 18.2. The van der Waals surface area contributed by atoms with Gasteiger partial charge in [0.25, 0.3) is 0 Å². The summed E-state index contributed by atoms with van der Waals surface area (Å²) in [5, 5.41) is 0. The molecule has 1 aromatic carbocycles. The molecule has 0 unspecified atom stereocenters. The summed E-state index contributed by atoms with van der Waals surface area (Å²) in [5.41, 5.74) is 5.44. The zero-order chi connectivity index (χ0) is 16.0. The predicted molar refractivity (Wildman–Crippen MR) is 91.1 cm³/mol. The number of amides is 1. The first kappa shape index (κ1) is 14.4. The Morgan fingerprint density at radius 3 is 2.70 bits per heavy atom. The monoisotopic (exact) mass is 306 g/mol. The molecular formula is C20H22N2O. The Hall–Kier alpha value is -2.16. The Morgan fingerprint density at radius 1 is 1.13 bits per heavy atom. The molecule has 1 aliphatic carbocycles. The van der Waals surface area contributed by atoms with Crippen LogP contribution in [0.2, 0.25) is 0 Å². The molecule has 1 saturated heterocycles. The number of hydrogen-bond donors (Lipinski definition) is 0. The number of piperidine rings is 1. The number of hydrogen-bond acceptors (Lipinski definition) is 2. The molecule has 23 heavy (non-hydrogen) atoms. The minimum absolute atomic E-state index is 0.0903. The standard InChI is InChI=1S/C20H22N2O/c1-20-10-7-19(23)22(2)18(20)6-4-16-13-15(3-5-17(16)20)14-8-11-21-12-9-14/h3,5,8-9,11-13,18H,4,6-7,10H2,1-2H3/t18-,20-/m1/s1. The maximum Gasteiger partial charge on any atom is 0.222 e. The van der Waals surface area contributed by atoms with Crippen LogP contribution in [0.25, 0.3) is 11.1 Å². The smallest absolute Gasteiger partial charge is 0.222 e. The molecule has 0 saturated carbocycles. The van der Waals surface area contributed by atoms with E-state index in [-0.39, 0.29) is 5.41 Å². The molecule has 1 aliphatic heterocycles. The van der Waals surface area contributed by atoms with Crippen LogP contribution in [0.4, 0.5) is 0 Å². The average molecular weight is 306 g/mol. The third kappa shape index (κ3) is 2.18. The summed E-state index contributed by atoms with van der Waals surface area (Å²) in [6, 6.07) is 11.3. The molecule has 1 fully saturated rings. The molecule has 1 amide bonds. The largest absolute Gasteiger partial charge is 0.342 e. The van der Waals surface area contributed by atoms with Crippen LogP contribution in [0, 0.1) is 0 Å². The molecule has 4 rings (SSSR count). The van der Waals surface area contributed by atoms with Gasteiger partial charge in [0.1, 0.15) is 0 Å². The third-order valence-electron chi connectivity index (χ3n) is 5.88. The van der Waals surface area contributed by atoms with Gasteiger partial charge in [0.05, 0.1) is 0 Å². The van der Waals surface area contributed by atoms with Gasteiger partial charge in [-0.05, 0) is 53.6 Å². The fraction of sp³-hybridized carbons (Fsp3) is 0.400. The van der Waals surface area contributed by atoms with E-state index in [4.69, 9.17) is 0 Å². The van der Waals surface area contributed by atoms with Gasteiger partial charge in [-0.15, -0.1) is 0 Å². The lowest BCUT2D eigenvalue weighted by atomic mass is 9.63. The molecule has 118 valence electrons. The maximum absolute atomic E-state index is 12.1. The zero-order valence-corrected chi connectivity index (χ0v) is 13.7. The van der Waals surface area contributed by atoms with E-state index in [1.165, 1.54) is 22.3 Å². The fourth-order valence-corrected chi connectivity index (χ4v) is 4.51. The van der Waals surface area contributed by atoms with E-state index >= 15 is 0 Å². The lowest BCUT2D eigenvalue weighted by molar-refractivity contribution is -0.138. The van der Waals surface area contributed by atoms with Crippen molar-refractivity contribution in [1.82, 2.24) is 9.88 Å². The van der Waals surface area contributed by atoms with Crippen molar-refractivity contribution in [3.63, 3.8) is 0 Å². The number of nitrogens with zero attached hydrogens (tertiary/aromatic N) is 2. The Morgan fingerprint density at radius 2 is 1.91 bits per heavy atom. The van der Waals surface area contributed by atoms with Crippen LogP contribution in [-0.4, -0.2) is 28.9 Å². The second kappa shape index (κ2) is 5.19. The second-order valence-corrected chi connectivity index (χ2v) is 7.08. The molecule has 1 aromatic heterocycles. The molecular weight excluding hydrogens is 284 g/mol. The quantitative estimate of drug-likeness (QED) is 0.807. The average Bonchev–Trinajstić information content (AvgIpc) is 2.59. The van der Waals surface area contributed by atoms with E-state index in [9.17, 15) is 4.79 Å². The van der Waals surface area contributed by atoms with Crippen molar-refractivity contribution in [2.24, 2.45) is 0 Å². The maximum atomic E-state index is 12.1. The van der Waals surface area contributed by atoms with Gasteiger partial charge in [0.15, 0.2) is 0 Å². The first-order valence-corrected chi connectivity index (χ1v) is 8.39. The van der Waals surface area contributed by atoms with Crippen LogP contribution in [0.5, 0.6) is 0 Å². The Balaban J connectivity index is 1.76. The van der Waals surface area contributed by atoms with Crippen molar-refractivity contribution in [2.45, 2.75) is 44.1 Å². The minimum Gasteiger partial charge on any atom is -0.342 e. The molecule has 2 aliphatic rings. The number of rotatable bonds is 1. The van der Waals surface area contributed by atoms with Crippen LogP contribution in [-0.2, 0) is 16.6 Å². The van der Waals surface area contributed by atoms with Crippen molar-refractivity contribution in [1.29, 1.82) is 0 Å². The van der Waals surface area contributed by atoms with Gasteiger partial charge in [0, 0.05) is 37.3 Å². The predicted octanol–water partition coefficient (Wildman–Crippen LogP) is 3.57. The number of fused-ring (bicyclic) bond motifs is 3. The molecule has 2 heterocycles. The van der Waals surface area contributed by atoms with E-state index in [1.54, 1.807) is 0 Å². The number of aromatic nitrogens is 1. The second-order valence-electron chi connectivity index (χ2n) is 7.08. The van der Waals surface area contributed by atoms with Gasteiger partial charge < -0.3 is 4.90 Å². The molecule has 0 N–H and O–H groups in total. The van der Waals surface area contributed by atoms with E-state index in [2.05, 4.69) is 42.2 Å². The molecule has 0 radical (unpaired) electrons. The summed E-state index contributed by atoms with van der Waals surface area (Å²) in [6.07, 6.45) is 7.41. The molecule has 3 nitrogen and oxygen atoms in total. The van der Waals surface area contributed by atoms with Crippen molar-refractivity contribution in [3.05, 3.63) is 53.9 Å². The van der Waals surface area contributed by atoms with Crippen molar-refractivity contribution in [3.8, 4) is 11.1 Å². The minimum atomic E-state index is 0.0903. The van der Waals surface area contributed by atoms with Crippen LogP contribution in [0.1, 0.15) is 37.3 Å². The SMILES string of the molecule is CN1C(=O)CC[C@]2(C)c3ccc(-c4ccncc4)cc3CC[C@@H]12. The van der Waals surface area contributed by atoms with Crippen LogP contribution in [0.3, 0.4) is 0 Å². The number of likely N-dealkylation sites (N-methyl/N-ethyl adjacent to an activating group) is 1. The number of likely N-dealkylation sites (tertiary alicyclic amines) is 1. The highest BCUT2D eigenvalue weighted by Gasteiger charge is 2.46. The summed E-state index contributed by atoms with van der Waals surface area (Å²) in [6.45, 7) is 2.34. The highest BCUT2D eigenvalue weighted by molar-refractivity contribution is 5.78. The number of carbonyl (C=O) groups excluding carboxylic acids is 1. The van der Waals surface area contributed by atoms with Gasteiger partial charge >= 0.3 is 0 Å². The van der Waals surface area contributed by atoms with E-state index < -0.39 is 0 Å². The summed E-state index contributed by atoms with van der Waals surface area (Å²) in [5.74, 6) is 0.296. The summed E-state index contributed by atoms with van der Waals surface area (Å²) >= 11 is 0. The van der Waals surface area contributed by atoms with E-state index in [0.717, 1.165) is 19.3 Å². The molecule has 3 heteroatoms. The van der Waals surface area contributed by atoms with Gasteiger partial charge in [-0.2, -0.15) is 0 Å². The number of aryl methyl sites for hydroxylation is 1. The van der Waals surface area contributed by atoms with Crippen LogP contribution < -0.4 is 0 Å². The summed E-state index contributed by atoms with van der Waals surface area (Å²) in [7, 11) is 1.97. The van der Waals surface area contributed by atoms with Crippen molar-refractivity contribution in [2.75, 3.05) is 7.05 Å². The number of pyridine rings is 1. The van der Waals surface area contributed by atoms with E-state index in [0.29, 0.717) is 18.4 Å². The Kier molecular flexibility index (Phi) is 3.26.